The van der Waals surface area contributed by atoms with Crippen molar-refractivity contribution >= 4 is 17.3 Å². The summed E-state index contributed by atoms with van der Waals surface area (Å²) in [6, 6.07) is 5.88. The highest BCUT2D eigenvalue weighted by atomic mass is 16.1. The zero-order valence-corrected chi connectivity index (χ0v) is 11.6. The van der Waals surface area contributed by atoms with Crippen molar-refractivity contribution in [3.8, 4) is 0 Å². The minimum Gasteiger partial charge on any atom is -0.399 e. The van der Waals surface area contributed by atoms with Gasteiger partial charge in [-0.25, -0.2) is 0 Å². The van der Waals surface area contributed by atoms with Gasteiger partial charge >= 0.3 is 0 Å². The Morgan fingerprint density at radius 1 is 1.32 bits per heavy atom. The van der Waals surface area contributed by atoms with E-state index in [2.05, 4.69) is 23.9 Å². The lowest BCUT2D eigenvalue weighted by Crippen LogP contribution is -2.42. The molecule has 4 N–H and O–H groups in total. The first kappa shape index (κ1) is 13.7. The van der Waals surface area contributed by atoms with Gasteiger partial charge in [-0.15, -0.1) is 0 Å². The first-order valence-electron chi connectivity index (χ1n) is 6.59. The zero-order chi connectivity index (χ0) is 14.0. The Bertz CT molecular complexity index is 465. The molecular formula is C14H22N4O. The van der Waals surface area contributed by atoms with Crippen molar-refractivity contribution in [3.05, 3.63) is 23.8 Å². The van der Waals surface area contributed by atoms with Gasteiger partial charge in [-0.1, -0.05) is 0 Å². The fourth-order valence-corrected chi connectivity index (χ4v) is 2.64. The number of nitrogens with zero attached hydrogens (tertiary/aromatic N) is 2. The van der Waals surface area contributed by atoms with Crippen LogP contribution in [0.25, 0.3) is 0 Å². The average Bonchev–Trinajstić information content (AvgIpc) is 2.38. The molecule has 5 nitrogen and oxygen atoms in total. The molecule has 0 atom stereocenters. The van der Waals surface area contributed by atoms with Gasteiger partial charge in [0.25, 0.3) is 5.91 Å². The average molecular weight is 262 g/mol. The molecule has 1 aliphatic rings. The van der Waals surface area contributed by atoms with Crippen LogP contribution in [0.5, 0.6) is 0 Å². The summed E-state index contributed by atoms with van der Waals surface area (Å²) in [5.74, 6) is -0.398. The fourth-order valence-electron chi connectivity index (χ4n) is 2.64. The van der Waals surface area contributed by atoms with E-state index in [4.69, 9.17) is 11.5 Å². The van der Waals surface area contributed by atoms with Crippen LogP contribution in [0.15, 0.2) is 18.2 Å². The molecule has 1 fully saturated rings. The maximum Gasteiger partial charge on any atom is 0.250 e. The Kier molecular flexibility index (Phi) is 3.95. The highest BCUT2D eigenvalue weighted by Crippen LogP contribution is 2.27. The first-order valence-corrected chi connectivity index (χ1v) is 6.59. The molecule has 1 aromatic rings. The Balaban J connectivity index is 2.19. The largest absolute Gasteiger partial charge is 0.399 e. The highest BCUT2D eigenvalue weighted by molar-refractivity contribution is 5.99. The van der Waals surface area contributed by atoms with Crippen molar-refractivity contribution in [3.63, 3.8) is 0 Å². The number of nitrogen functional groups attached to an aromatic ring is 1. The molecule has 1 heterocycles. The van der Waals surface area contributed by atoms with Gasteiger partial charge in [0, 0.05) is 24.8 Å². The Hall–Kier alpha value is -1.75. The van der Waals surface area contributed by atoms with Crippen molar-refractivity contribution in [1.29, 1.82) is 0 Å². The zero-order valence-electron chi connectivity index (χ0n) is 11.6. The first-order chi connectivity index (χ1) is 8.99. The molecule has 0 spiro atoms. The normalized spacial score (nSPS) is 16.9. The molecule has 19 heavy (non-hydrogen) atoms. The summed E-state index contributed by atoms with van der Waals surface area (Å²) in [4.78, 5) is 16.0. The van der Waals surface area contributed by atoms with Crippen LogP contribution in [0.3, 0.4) is 0 Å². The third-order valence-electron chi connectivity index (χ3n) is 3.82. The van der Waals surface area contributed by atoms with E-state index in [1.807, 2.05) is 6.07 Å². The summed E-state index contributed by atoms with van der Waals surface area (Å²) < 4.78 is 0. The molecule has 1 aromatic carbocycles. The maximum absolute atomic E-state index is 11.5. The van der Waals surface area contributed by atoms with Crippen LogP contribution in [0.4, 0.5) is 11.4 Å². The van der Waals surface area contributed by atoms with Crippen LogP contribution in [-0.4, -0.2) is 44.0 Å². The molecular weight excluding hydrogens is 240 g/mol. The Morgan fingerprint density at radius 3 is 2.47 bits per heavy atom. The summed E-state index contributed by atoms with van der Waals surface area (Å²) in [5.41, 5.74) is 13.3. The number of hydrogen-bond donors (Lipinski definition) is 2. The molecule has 1 saturated heterocycles. The number of amides is 1. The van der Waals surface area contributed by atoms with Crippen LogP contribution in [0, 0.1) is 0 Å². The minimum absolute atomic E-state index is 0.398. The topological polar surface area (TPSA) is 75.6 Å². The van der Waals surface area contributed by atoms with Crippen LogP contribution in [0.1, 0.15) is 23.2 Å². The Morgan fingerprint density at radius 2 is 1.95 bits per heavy atom. The summed E-state index contributed by atoms with van der Waals surface area (Å²) in [5, 5.41) is 0. The van der Waals surface area contributed by atoms with Crippen molar-refractivity contribution in [2.24, 2.45) is 5.73 Å². The number of hydrogen-bond acceptors (Lipinski definition) is 4. The summed E-state index contributed by atoms with van der Waals surface area (Å²) in [7, 11) is 4.21. The third kappa shape index (κ3) is 2.98. The van der Waals surface area contributed by atoms with Crippen LogP contribution >= 0.6 is 0 Å². The van der Waals surface area contributed by atoms with E-state index in [-0.39, 0.29) is 0 Å². The summed E-state index contributed by atoms with van der Waals surface area (Å²) in [6.07, 6.45) is 2.17. The van der Waals surface area contributed by atoms with Crippen molar-refractivity contribution in [1.82, 2.24) is 4.90 Å². The van der Waals surface area contributed by atoms with Crippen molar-refractivity contribution in [2.45, 2.75) is 18.9 Å². The standard InChI is InChI=1S/C14H22N4O/c1-17(2)11-5-7-18(8-6-11)13-9-10(15)3-4-12(13)14(16)19/h3-4,9,11H,5-8,15H2,1-2H3,(H2,16,19). The second kappa shape index (κ2) is 5.48. The highest BCUT2D eigenvalue weighted by Gasteiger charge is 2.23. The van der Waals surface area contributed by atoms with Crippen LogP contribution < -0.4 is 16.4 Å². The molecule has 1 aliphatic heterocycles. The maximum atomic E-state index is 11.5. The van der Waals surface area contributed by atoms with Gasteiger partial charge in [-0.05, 0) is 45.1 Å². The van der Waals surface area contributed by atoms with E-state index in [0.717, 1.165) is 31.6 Å². The van der Waals surface area contributed by atoms with Crippen molar-refractivity contribution in [2.75, 3.05) is 37.8 Å². The summed E-state index contributed by atoms with van der Waals surface area (Å²) in [6.45, 7) is 1.85. The minimum atomic E-state index is -0.398. The predicted molar refractivity (Wildman–Crippen MR) is 78.3 cm³/mol. The number of nitrogens with two attached hydrogens (primary N) is 2. The smallest absolute Gasteiger partial charge is 0.250 e. The monoisotopic (exact) mass is 262 g/mol. The van der Waals surface area contributed by atoms with Gasteiger partial charge in [-0.3, -0.25) is 4.79 Å². The lowest BCUT2D eigenvalue weighted by molar-refractivity contribution is 0.100. The predicted octanol–water partition coefficient (Wildman–Crippen LogP) is 0.898. The van der Waals surface area contributed by atoms with Crippen LogP contribution in [0.2, 0.25) is 0 Å². The van der Waals surface area contributed by atoms with E-state index >= 15 is 0 Å². The van der Waals surface area contributed by atoms with E-state index in [1.54, 1.807) is 12.1 Å². The number of carbonyl (C=O) groups is 1. The Labute approximate surface area is 114 Å². The summed E-state index contributed by atoms with van der Waals surface area (Å²) >= 11 is 0. The number of anilines is 2. The molecule has 0 unspecified atom stereocenters. The quantitative estimate of drug-likeness (QED) is 0.794. The number of rotatable bonds is 3. The molecule has 104 valence electrons. The SMILES string of the molecule is CN(C)C1CCN(c2cc(N)ccc2C(N)=O)CC1. The number of carbonyl (C=O) groups excluding carboxylic acids is 1. The van der Waals surface area contributed by atoms with Gasteiger partial charge in [-0.2, -0.15) is 0 Å². The van der Waals surface area contributed by atoms with Gasteiger partial charge in [0.2, 0.25) is 0 Å². The van der Waals surface area contributed by atoms with Crippen molar-refractivity contribution < 1.29 is 4.79 Å². The van der Waals surface area contributed by atoms with Gasteiger partial charge in [0.05, 0.1) is 11.3 Å². The molecule has 0 aliphatic carbocycles. The molecule has 0 bridgehead atoms. The van der Waals surface area contributed by atoms with Gasteiger partial charge in [0.15, 0.2) is 0 Å². The number of piperidine rings is 1. The number of benzene rings is 1. The second-order valence-electron chi connectivity index (χ2n) is 5.32. The fraction of sp³-hybridized carbons (Fsp3) is 0.500. The molecule has 2 rings (SSSR count). The van der Waals surface area contributed by atoms with E-state index in [1.165, 1.54) is 0 Å². The van der Waals surface area contributed by atoms with Gasteiger partial charge in [0.1, 0.15) is 0 Å². The molecule has 5 heteroatoms. The van der Waals surface area contributed by atoms with Crippen LogP contribution in [-0.2, 0) is 0 Å². The molecule has 0 aromatic heterocycles. The lowest BCUT2D eigenvalue weighted by Gasteiger charge is -2.37. The molecule has 0 radical (unpaired) electrons. The van der Waals surface area contributed by atoms with E-state index in [9.17, 15) is 4.79 Å². The van der Waals surface area contributed by atoms with E-state index < -0.39 is 5.91 Å². The molecule has 0 saturated carbocycles. The molecule has 1 amide bonds. The third-order valence-corrected chi connectivity index (χ3v) is 3.82. The number of primary amides is 1. The van der Waals surface area contributed by atoms with E-state index in [0.29, 0.717) is 17.3 Å². The second-order valence-corrected chi connectivity index (χ2v) is 5.32. The van der Waals surface area contributed by atoms with Gasteiger partial charge < -0.3 is 21.3 Å². The lowest BCUT2D eigenvalue weighted by atomic mass is 10.0.